The maximum absolute atomic E-state index is 11.5. The first-order valence-corrected chi connectivity index (χ1v) is 8.03. The molecule has 118 valence electrons. The van der Waals surface area contributed by atoms with Crippen LogP contribution in [0, 0.1) is 0 Å². The molecule has 2 atom stereocenters. The third kappa shape index (κ3) is 2.94. The highest BCUT2D eigenvalue weighted by Crippen LogP contribution is 2.29. The van der Waals surface area contributed by atoms with E-state index in [1.54, 1.807) is 6.07 Å². The average Bonchev–Trinajstić information content (AvgIpc) is 2.93. The Bertz CT molecular complexity index is 714. The number of ether oxygens (including phenoxy) is 2. The molecule has 23 heavy (non-hydrogen) atoms. The number of benzene rings is 2. The summed E-state index contributed by atoms with van der Waals surface area (Å²) < 4.78 is 11.1. The Morgan fingerprint density at radius 3 is 2.78 bits per heavy atom. The molecule has 4 nitrogen and oxygen atoms in total. The van der Waals surface area contributed by atoms with E-state index in [1.807, 2.05) is 18.2 Å². The molecule has 2 aromatic carbocycles. The van der Waals surface area contributed by atoms with Gasteiger partial charge >= 0.3 is 5.97 Å². The number of hydrogen-bond acceptors (Lipinski definition) is 4. The molecule has 4 heteroatoms. The predicted octanol–water partition coefficient (Wildman–Crippen LogP) is 3.06. The average molecular weight is 309 g/mol. The predicted molar refractivity (Wildman–Crippen MR) is 86.3 cm³/mol. The quantitative estimate of drug-likeness (QED) is 0.862. The lowest BCUT2D eigenvalue weighted by atomic mass is 9.88. The normalized spacial score (nSPS) is 22.2. The molecular weight excluding hydrogens is 290 g/mol. The molecule has 1 heterocycles. The van der Waals surface area contributed by atoms with Gasteiger partial charge in [0.15, 0.2) is 0 Å². The number of hydrogen-bond donors (Lipinski definition) is 1. The van der Waals surface area contributed by atoms with E-state index in [0.717, 1.165) is 30.7 Å². The van der Waals surface area contributed by atoms with Crippen molar-refractivity contribution in [3.8, 4) is 5.75 Å². The van der Waals surface area contributed by atoms with Crippen molar-refractivity contribution in [3.63, 3.8) is 0 Å². The van der Waals surface area contributed by atoms with Gasteiger partial charge in [-0.2, -0.15) is 0 Å². The SMILES string of the molecule is O=C1OCc2cc(O[C@@H]3CC[C@H]3NCc3ccccc3)ccc21. The summed E-state index contributed by atoms with van der Waals surface area (Å²) >= 11 is 0. The number of carbonyl (C=O) groups is 1. The van der Waals surface area contributed by atoms with E-state index >= 15 is 0 Å². The molecule has 4 rings (SSSR count). The zero-order valence-corrected chi connectivity index (χ0v) is 12.8. The van der Waals surface area contributed by atoms with E-state index in [0.29, 0.717) is 18.2 Å². The number of esters is 1. The van der Waals surface area contributed by atoms with Crippen LogP contribution in [0.5, 0.6) is 5.75 Å². The van der Waals surface area contributed by atoms with Crippen molar-refractivity contribution in [2.45, 2.75) is 38.1 Å². The van der Waals surface area contributed by atoms with E-state index in [4.69, 9.17) is 9.47 Å². The first-order valence-electron chi connectivity index (χ1n) is 8.03. The van der Waals surface area contributed by atoms with Crippen molar-refractivity contribution in [3.05, 3.63) is 65.2 Å². The molecule has 0 spiro atoms. The van der Waals surface area contributed by atoms with Crippen LogP contribution in [-0.2, 0) is 17.9 Å². The molecule has 0 amide bonds. The monoisotopic (exact) mass is 309 g/mol. The third-order valence-electron chi connectivity index (χ3n) is 4.57. The second-order valence-corrected chi connectivity index (χ2v) is 6.10. The summed E-state index contributed by atoms with van der Waals surface area (Å²) in [5.74, 6) is 0.579. The standard InChI is InChI=1S/C19H19NO3/c21-19-16-7-6-15(10-14(16)12-22-19)23-18-9-8-17(18)20-11-13-4-2-1-3-5-13/h1-7,10,17-18,20H,8-9,11-12H2/t17-,18-/m1/s1. The first-order chi connectivity index (χ1) is 11.3. The number of fused-ring (bicyclic) bond motifs is 1. The number of nitrogens with one attached hydrogen (secondary N) is 1. The van der Waals surface area contributed by atoms with Gasteiger partial charge in [0.05, 0.1) is 5.56 Å². The van der Waals surface area contributed by atoms with Crippen molar-refractivity contribution in [2.75, 3.05) is 0 Å². The minimum atomic E-state index is -0.238. The van der Waals surface area contributed by atoms with Crippen LogP contribution >= 0.6 is 0 Å². The molecule has 1 aliphatic heterocycles. The minimum absolute atomic E-state index is 0.190. The lowest BCUT2D eigenvalue weighted by Gasteiger charge is -2.37. The maximum atomic E-state index is 11.5. The Kier molecular flexibility index (Phi) is 3.75. The summed E-state index contributed by atoms with van der Waals surface area (Å²) in [5.41, 5.74) is 2.86. The summed E-state index contributed by atoms with van der Waals surface area (Å²) in [4.78, 5) is 11.5. The summed E-state index contributed by atoms with van der Waals surface area (Å²) in [6.45, 7) is 1.21. The summed E-state index contributed by atoms with van der Waals surface area (Å²) in [5, 5.41) is 3.56. The van der Waals surface area contributed by atoms with Gasteiger partial charge in [0.1, 0.15) is 18.5 Å². The van der Waals surface area contributed by atoms with Crippen molar-refractivity contribution in [1.82, 2.24) is 5.32 Å². The van der Waals surface area contributed by atoms with Crippen molar-refractivity contribution in [1.29, 1.82) is 0 Å². The van der Waals surface area contributed by atoms with Gasteiger partial charge in [0.25, 0.3) is 0 Å². The molecule has 1 saturated carbocycles. The highest BCUT2D eigenvalue weighted by Gasteiger charge is 2.32. The van der Waals surface area contributed by atoms with E-state index in [2.05, 4.69) is 29.6 Å². The topological polar surface area (TPSA) is 47.6 Å². The molecule has 2 aliphatic rings. The van der Waals surface area contributed by atoms with Crippen molar-refractivity contribution >= 4 is 5.97 Å². The largest absolute Gasteiger partial charge is 0.489 e. The summed E-state index contributed by atoms with van der Waals surface area (Å²) in [6.07, 6.45) is 2.37. The van der Waals surface area contributed by atoms with Crippen molar-refractivity contribution in [2.24, 2.45) is 0 Å². The fourth-order valence-corrected chi connectivity index (χ4v) is 3.05. The maximum Gasteiger partial charge on any atom is 0.338 e. The van der Waals surface area contributed by atoms with Crippen LogP contribution in [0.15, 0.2) is 48.5 Å². The Morgan fingerprint density at radius 1 is 1.13 bits per heavy atom. The smallest absolute Gasteiger partial charge is 0.338 e. The van der Waals surface area contributed by atoms with Gasteiger partial charge in [-0.1, -0.05) is 30.3 Å². The highest BCUT2D eigenvalue weighted by atomic mass is 16.5. The Labute approximate surface area is 135 Å². The Morgan fingerprint density at radius 2 is 2.00 bits per heavy atom. The van der Waals surface area contributed by atoms with E-state index in [9.17, 15) is 4.79 Å². The van der Waals surface area contributed by atoms with Crippen LogP contribution in [0.1, 0.15) is 34.3 Å². The Balaban J connectivity index is 1.35. The molecule has 1 fully saturated rings. The fourth-order valence-electron chi connectivity index (χ4n) is 3.05. The van der Waals surface area contributed by atoms with Crippen LogP contribution in [0.25, 0.3) is 0 Å². The molecule has 0 saturated heterocycles. The van der Waals surface area contributed by atoms with Gasteiger partial charge in [-0.3, -0.25) is 0 Å². The van der Waals surface area contributed by atoms with Crippen molar-refractivity contribution < 1.29 is 14.3 Å². The van der Waals surface area contributed by atoms with Gasteiger partial charge in [0.2, 0.25) is 0 Å². The number of cyclic esters (lactones) is 1. The van der Waals surface area contributed by atoms with Gasteiger partial charge in [-0.05, 0) is 36.6 Å². The third-order valence-corrected chi connectivity index (χ3v) is 4.57. The van der Waals surface area contributed by atoms with Crippen LogP contribution in [0.4, 0.5) is 0 Å². The van der Waals surface area contributed by atoms with E-state index in [-0.39, 0.29) is 12.1 Å². The Hall–Kier alpha value is -2.33. The highest BCUT2D eigenvalue weighted by molar-refractivity contribution is 5.93. The van der Waals surface area contributed by atoms with E-state index < -0.39 is 0 Å². The van der Waals surface area contributed by atoms with E-state index in [1.165, 1.54) is 5.56 Å². The first kappa shape index (κ1) is 14.3. The summed E-state index contributed by atoms with van der Waals surface area (Å²) in [6, 6.07) is 16.3. The van der Waals surface area contributed by atoms with Crippen LogP contribution < -0.4 is 10.1 Å². The molecule has 0 unspecified atom stereocenters. The van der Waals surface area contributed by atoms with Crippen LogP contribution in [0.2, 0.25) is 0 Å². The fraction of sp³-hybridized carbons (Fsp3) is 0.316. The van der Waals surface area contributed by atoms with Gasteiger partial charge < -0.3 is 14.8 Å². The van der Waals surface area contributed by atoms with Gasteiger partial charge in [0, 0.05) is 18.2 Å². The molecule has 0 bridgehead atoms. The van der Waals surface area contributed by atoms with Gasteiger partial charge in [-0.15, -0.1) is 0 Å². The second-order valence-electron chi connectivity index (χ2n) is 6.10. The molecule has 1 N–H and O–H groups in total. The van der Waals surface area contributed by atoms with Crippen LogP contribution in [-0.4, -0.2) is 18.1 Å². The summed E-state index contributed by atoms with van der Waals surface area (Å²) in [7, 11) is 0. The molecule has 2 aromatic rings. The molecule has 0 aromatic heterocycles. The number of rotatable bonds is 5. The lowest BCUT2D eigenvalue weighted by Crippen LogP contribution is -2.50. The van der Waals surface area contributed by atoms with Crippen LogP contribution in [0.3, 0.4) is 0 Å². The molecular formula is C19H19NO3. The van der Waals surface area contributed by atoms with Gasteiger partial charge in [-0.25, -0.2) is 4.79 Å². The second kappa shape index (κ2) is 6.05. The lowest BCUT2D eigenvalue weighted by molar-refractivity contribution is 0.0534. The minimum Gasteiger partial charge on any atom is -0.489 e. The zero-order chi connectivity index (χ0) is 15.6. The molecule has 1 aliphatic carbocycles. The molecule has 0 radical (unpaired) electrons. The zero-order valence-electron chi connectivity index (χ0n) is 12.8. The number of carbonyl (C=O) groups excluding carboxylic acids is 1.